The zero-order valence-corrected chi connectivity index (χ0v) is 8.47. The van der Waals surface area contributed by atoms with Crippen LogP contribution in [0.2, 0.25) is 0 Å². The van der Waals surface area contributed by atoms with Gasteiger partial charge < -0.3 is 37.5 Å². The average Bonchev–Trinajstić information content (AvgIpc) is 1.35. The Morgan fingerprint density at radius 2 is 1.89 bits per heavy atom. The molecule has 0 rings (SSSR count). The molecule has 9 heavy (non-hydrogen) atoms. The largest absolute Gasteiger partial charge is 4.00 e. The predicted octanol–water partition coefficient (Wildman–Crippen LogP) is 0.0943. The third kappa shape index (κ3) is 28.7. The van der Waals surface area contributed by atoms with Crippen LogP contribution >= 0.6 is 0 Å². The van der Waals surface area contributed by atoms with Crippen molar-refractivity contribution in [2.75, 3.05) is 6.61 Å². The van der Waals surface area contributed by atoms with E-state index in [4.69, 9.17) is 0 Å². The van der Waals surface area contributed by atoms with Crippen molar-refractivity contribution < 1.29 is 30.6 Å². The molecule has 0 spiro atoms. The molecule has 0 bridgehead atoms. The van der Waals surface area contributed by atoms with Crippen LogP contribution in [0.15, 0.2) is 0 Å². The van der Waals surface area contributed by atoms with Crippen LogP contribution < -0.4 is 5.73 Å². The normalized spacial score (nSPS) is 5.00. The summed E-state index contributed by atoms with van der Waals surface area (Å²) in [5.41, 5.74) is 4.54. The van der Waals surface area contributed by atoms with Crippen LogP contribution in [0.5, 0.6) is 0 Å². The molecule has 0 saturated heterocycles. The fourth-order valence-electron chi connectivity index (χ4n) is 0.142. The van der Waals surface area contributed by atoms with E-state index in [1.807, 2.05) is 0 Å². The summed E-state index contributed by atoms with van der Waals surface area (Å²) in [6, 6.07) is 0. The van der Waals surface area contributed by atoms with Crippen molar-refractivity contribution >= 4 is 33.1 Å². The van der Waals surface area contributed by atoms with Crippen LogP contribution in [-0.4, -0.2) is 12.7 Å². The smallest absolute Gasteiger partial charge is 2.00 e. The summed E-state index contributed by atoms with van der Waals surface area (Å²) in [5, 5.41) is 0. The van der Waals surface area contributed by atoms with Gasteiger partial charge in [0.05, 0.1) is 6.61 Å². The minimum atomic E-state index is -0.711. The minimum absolute atomic E-state index is 0. The second-order valence-electron chi connectivity index (χ2n) is 0.752. The summed E-state index contributed by atoms with van der Waals surface area (Å²) in [4.78, 5) is 9.60. The zero-order chi connectivity index (χ0) is 4.99. The topological polar surface area (TPSA) is 52.3 Å². The van der Waals surface area contributed by atoms with E-state index in [9.17, 15) is 4.79 Å². The van der Waals surface area contributed by atoms with E-state index < -0.39 is 6.09 Å². The number of hydrogen-bond donors (Lipinski definition) is 1. The first-order chi connectivity index (χ1) is 2.77. The molecule has 6 heteroatoms. The van der Waals surface area contributed by atoms with Crippen molar-refractivity contribution in [3.63, 3.8) is 0 Å². The van der Waals surface area contributed by atoms with Crippen molar-refractivity contribution in [1.29, 1.82) is 0 Å². The van der Waals surface area contributed by atoms with E-state index in [-0.39, 0.29) is 48.1 Å². The van der Waals surface area contributed by atoms with Crippen LogP contribution in [0.1, 0.15) is 6.92 Å². The van der Waals surface area contributed by atoms with Gasteiger partial charge in [-0.25, -0.2) is 4.79 Å². The molecule has 2 N–H and O–H groups in total. The summed E-state index contributed by atoms with van der Waals surface area (Å²) in [6.07, 6.45) is -0.711. The van der Waals surface area contributed by atoms with E-state index in [1.54, 1.807) is 6.92 Å². The molecule has 0 atom stereocenters. The molecule has 0 unspecified atom stereocenters. The van der Waals surface area contributed by atoms with Crippen molar-refractivity contribution in [1.82, 2.24) is 0 Å². The Morgan fingerprint density at radius 1 is 1.56 bits per heavy atom. The van der Waals surface area contributed by atoms with Gasteiger partial charge in [0, 0.05) is 0 Å². The Morgan fingerprint density at radius 3 is 1.89 bits per heavy atom. The van der Waals surface area contributed by atoms with Gasteiger partial charge in [-0.3, -0.25) is 0 Å². The maximum absolute atomic E-state index is 9.60. The summed E-state index contributed by atoms with van der Waals surface area (Å²) in [7, 11) is 0. The fraction of sp³-hybridized carbons (Fsp3) is 0.667. The average molecular weight is 249 g/mol. The molecule has 0 aromatic carbocycles. The van der Waals surface area contributed by atoms with E-state index in [1.165, 1.54) is 0 Å². The maximum Gasteiger partial charge on any atom is 4.00 e. The molecule has 3 nitrogen and oxygen atoms in total. The Balaban J connectivity index is -0.0000000417. The summed E-state index contributed by atoms with van der Waals surface area (Å²) < 4.78 is 4.18. The van der Waals surface area contributed by atoms with Crippen LogP contribution in [-0.2, 0) is 52.8 Å². The van der Waals surface area contributed by atoms with Crippen molar-refractivity contribution in [2.45, 2.75) is 6.92 Å². The second-order valence-corrected chi connectivity index (χ2v) is 0.752. The summed E-state index contributed by atoms with van der Waals surface area (Å²) in [5.74, 6) is 0. The van der Waals surface area contributed by atoms with Gasteiger partial charge in [0.15, 0.2) is 0 Å². The predicted molar refractivity (Wildman–Crippen MR) is 35.9 cm³/mol. The van der Waals surface area contributed by atoms with Gasteiger partial charge in [0.2, 0.25) is 0 Å². The van der Waals surface area contributed by atoms with Gasteiger partial charge in [-0.1, -0.05) is 0 Å². The van der Waals surface area contributed by atoms with E-state index in [0.29, 0.717) is 6.61 Å². The van der Waals surface area contributed by atoms with Crippen LogP contribution in [0, 0.1) is 0 Å². The Hall–Kier alpha value is 0.658. The fourth-order valence-corrected chi connectivity index (χ4v) is 0.142. The first-order valence-corrected chi connectivity index (χ1v) is 1.69. The van der Waals surface area contributed by atoms with Crippen LogP contribution in [0.4, 0.5) is 4.79 Å². The van der Waals surface area contributed by atoms with Crippen LogP contribution in [0.3, 0.4) is 0 Å². The molecule has 0 aliphatic rings. The first kappa shape index (κ1) is 22.6. The number of nitrogens with two attached hydrogens (primary N) is 1. The number of hydrogen-bond acceptors (Lipinski definition) is 2. The van der Waals surface area contributed by atoms with E-state index in [0.717, 1.165) is 0 Å². The summed E-state index contributed by atoms with van der Waals surface area (Å²) >= 11 is 0. The monoisotopic (exact) mass is 251 g/mol. The molecule has 0 saturated carbocycles. The molecule has 0 aromatic rings. The molecule has 1 amide bonds. The van der Waals surface area contributed by atoms with E-state index >= 15 is 0 Å². The van der Waals surface area contributed by atoms with Gasteiger partial charge in [-0.05, 0) is 6.92 Å². The van der Waals surface area contributed by atoms with Gasteiger partial charge in [-0.15, -0.1) is 0 Å². The number of rotatable bonds is 1. The number of carbonyl (C=O) groups is 1. The third-order valence-electron chi connectivity index (χ3n) is 0.287. The number of ether oxygens (including phenoxy) is 1. The third-order valence-corrected chi connectivity index (χ3v) is 0.287. The Labute approximate surface area is 82.9 Å². The first-order valence-electron chi connectivity index (χ1n) is 1.69. The number of primary amides is 1. The number of amides is 1. The Kier molecular flexibility index (Phi) is 39.9. The van der Waals surface area contributed by atoms with Crippen molar-refractivity contribution in [3.8, 4) is 0 Å². The van der Waals surface area contributed by atoms with Gasteiger partial charge in [0.1, 0.15) is 0 Å². The van der Waals surface area contributed by atoms with Crippen molar-refractivity contribution in [2.24, 2.45) is 5.73 Å². The molecule has 0 fully saturated rings. The maximum atomic E-state index is 9.60. The molecule has 0 heterocycles. The summed E-state index contributed by atoms with van der Waals surface area (Å²) in [6.45, 7) is 2.06. The Bertz CT molecular complexity index is 63.8. The molecule has 0 radical (unpaired) electrons. The number of carbonyl (C=O) groups excluding carboxylic acids is 1. The molecule has 0 aliphatic carbocycles. The molecule has 0 aromatic heterocycles. The molecule has 54 valence electrons. The van der Waals surface area contributed by atoms with Gasteiger partial charge in [-0.2, -0.15) is 0 Å². The van der Waals surface area contributed by atoms with E-state index in [2.05, 4.69) is 10.5 Å². The SMILES string of the molecule is CCOC(N)=O.[Mo+4].[S-2].[S-2]. The molecular weight excluding hydrogens is 242 g/mol. The second kappa shape index (κ2) is 15.9. The minimum Gasteiger partial charge on any atom is -2.00 e. The van der Waals surface area contributed by atoms with Gasteiger partial charge in [0.25, 0.3) is 0 Å². The molecule has 0 aliphatic heterocycles. The quantitative estimate of drug-likeness (QED) is 0.670. The van der Waals surface area contributed by atoms with Gasteiger partial charge >= 0.3 is 27.2 Å². The molecular formula is C3H7MoNO2S2. The van der Waals surface area contributed by atoms with Crippen molar-refractivity contribution in [3.05, 3.63) is 0 Å². The zero-order valence-electron chi connectivity index (χ0n) is 4.83. The van der Waals surface area contributed by atoms with Crippen LogP contribution in [0.25, 0.3) is 0 Å². The standard InChI is InChI=1S/C3H7NO2.Mo.2S/c1-2-6-3(4)5;;;/h2H2,1H3,(H2,4,5);;;/q;+4;2*-2.